The van der Waals surface area contributed by atoms with Gasteiger partial charge in [0.25, 0.3) is 0 Å². The third-order valence-electron chi connectivity index (χ3n) is 3.24. The highest BCUT2D eigenvalue weighted by Crippen LogP contribution is 2.21. The second-order valence-corrected chi connectivity index (χ2v) is 6.85. The standard InChI is InChI=1S/C11H22N2O4S/c12-6-5-10-3-1-7-13(9-10)18(16,17)8-2-4-11(14)15/h10H,1-9,12H2,(H,14,15). The first-order valence-corrected chi connectivity index (χ1v) is 7.96. The van der Waals surface area contributed by atoms with E-state index in [4.69, 9.17) is 10.8 Å². The van der Waals surface area contributed by atoms with Crippen LogP contribution < -0.4 is 5.73 Å². The lowest BCUT2D eigenvalue weighted by Crippen LogP contribution is -2.41. The van der Waals surface area contributed by atoms with Gasteiger partial charge in [0.2, 0.25) is 10.0 Å². The van der Waals surface area contributed by atoms with Gasteiger partial charge in [-0.3, -0.25) is 4.79 Å². The maximum absolute atomic E-state index is 12.0. The van der Waals surface area contributed by atoms with E-state index in [0.717, 1.165) is 19.3 Å². The molecule has 7 heteroatoms. The first-order valence-electron chi connectivity index (χ1n) is 6.35. The van der Waals surface area contributed by atoms with Crippen LogP contribution in [0.1, 0.15) is 32.1 Å². The van der Waals surface area contributed by atoms with Crippen molar-refractivity contribution >= 4 is 16.0 Å². The molecule has 0 spiro atoms. The lowest BCUT2D eigenvalue weighted by Gasteiger charge is -2.31. The Morgan fingerprint density at radius 2 is 2.17 bits per heavy atom. The summed E-state index contributed by atoms with van der Waals surface area (Å²) in [6.07, 6.45) is 2.82. The van der Waals surface area contributed by atoms with E-state index in [9.17, 15) is 13.2 Å². The Labute approximate surface area is 108 Å². The van der Waals surface area contributed by atoms with Gasteiger partial charge in [-0.1, -0.05) is 0 Å². The van der Waals surface area contributed by atoms with Crippen LogP contribution in [0.5, 0.6) is 0 Å². The van der Waals surface area contributed by atoms with E-state index in [0.29, 0.717) is 25.6 Å². The predicted molar refractivity (Wildman–Crippen MR) is 68.6 cm³/mol. The Kier molecular flexibility index (Phi) is 6.04. The van der Waals surface area contributed by atoms with Gasteiger partial charge in [-0.15, -0.1) is 0 Å². The SMILES string of the molecule is NCCC1CCCN(S(=O)(=O)CCCC(=O)O)C1. The highest BCUT2D eigenvalue weighted by Gasteiger charge is 2.28. The number of piperidine rings is 1. The molecule has 1 atom stereocenters. The van der Waals surface area contributed by atoms with Gasteiger partial charge < -0.3 is 10.8 Å². The molecule has 0 bridgehead atoms. The van der Waals surface area contributed by atoms with E-state index in [1.54, 1.807) is 0 Å². The van der Waals surface area contributed by atoms with Crippen LogP contribution in [-0.4, -0.2) is 49.2 Å². The predicted octanol–water partition coefficient (Wildman–Crippen LogP) is 0.242. The molecule has 1 rings (SSSR count). The third-order valence-corrected chi connectivity index (χ3v) is 5.17. The zero-order valence-electron chi connectivity index (χ0n) is 10.5. The van der Waals surface area contributed by atoms with E-state index >= 15 is 0 Å². The Morgan fingerprint density at radius 3 is 2.78 bits per heavy atom. The number of carboxylic acids is 1. The molecule has 0 aromatic rings. The monoisotopic (exact) mass is 278 g/mol. The topological polar surface area (TPSA) is 101 Å². The van der Waals surface area contributed by atoms with Crippen molar-refractivity contribution in [2.24, 2.45) is 11.7 Å². The molecule has 0 amide bonds. The minimum atomic E-state index is -3.30. The Bertz CT molecular complexity index is 367. The number of hydrogen-bond donors (Lipinski definition) is 2. The van der Waals surface area contributed by atoms with Crippen molar-refractivity contribution in [3.05, 3.63) is 0 Å². The number of nitrogens with two attached hydrogens (primary N) is 1. The van der Waals surface area contributed by atoms with Gasteiger partial charge >= 0.3 is 5.97 Å². The summed E-state index contributed by atoms with van der Waals surface area (Å²) in [5, 5.41) is 8.51. The normalized spacial score (nSPS) is 21.9. The summed E-state index contributed by atoms with van der Waals surface area (Å²) in [6.45, 7) is 1.67. The first kappa shape index (κ1) is 15.4. The molecule has 6 nitrogen and oxygen atoms in total. The maximum atomic E-state index is 12.0. The van der Waals surface area contributed by atoms with E-state index in [-0.39, 0.29) is 18.6 Å². The van der Waals surface area contributed by atoms with Crippen LogP contribution in [-0.2, 0) is 14.8 Å². The second-order valence-electron chi connectivity index (χ2n) is 4.76. The highest BCUT2D eigenvalue weighted by molar-refractivity contribution is 7.89. The van der Waals surface area contributed by atoms with Gasteiger partial charge in [0.1, 0.15) is 0 Å². The molecule has 1 aliphatic rings. The largest absolute Gasteiger partial charge is 0.481 e. The summed E-state index contributed by atoms with van der Waals surface area (Å²) in [5.41, 5.74) is 5.49. The zero-order valence-corrected chi connectivity index (χ0v) is 11.4. The van der Waals surface area contributed by atoms with E-state index < -0.39 is 16.0 Å². The third kappa shape index (κ3) is 4.91. The molecule has 0 saturated carbocycles. The first-order chi connectivity index (χ1) is 8.45. The van der Waals surface area contributed by atoms with Crippen LogP contribution >= 0.6 is 0 Å². The fraction of sp³-hybridized carbons (Fsp3) is 0.909. The van der Waals surface area contributed by atoms with Gasteiger partial charge in [0.15, 0.2) is 0 Å². The van der Waals surface area contributed by atoms with Crippen molar-refractivity contribution in [1.29, 1.82) is 0 Å². The van der Waals surface area contributed by atoms with Crippen molar-refractivity contribution in [3.8, 4) is 0 Å². The van der Waals surface area contributed by atoms with E-state index in [2.05, 4.69) is 0 Å². The van der Waals surface area contributed by atoms with Crippen molar-refractivity contribution in [1.82, 2.24) is 4.31 Å². The number of hydrogen-bond acceptors (Lipinski definition) is 4. The van der Waals surface area contributed by atoms with E-state index in [1.807, 2.05) is 0 Å². The Balaban J connectivity index is 2.48. The molecule has 106 valence electrons. The Hall–Kier alpha value is -0.660. The highest BCUT2D eigenvalue weighted by atomic mass is 32.2. The van der Waals surface area contributed by atoms with Crippen molar-refractivity contribution < 1.29 is 18.3 Å². The van der Waals surface area contributed by atoms with Crippen LogP contribution in [0.25, 0.3) is 0 Å². The fourth-order valence-electron chi connectivity index (χ4n) is 2.29. The van der Waals surface area contributed by atoms with Crippen LogP contribution in [0.2, 0.25) is 0 Å². The van der Waals surface area contributed by atoms with Gasteiger partial charge in [-0.05, 0) is 38.1 Å². The molecule has 1 fully saturated rings. The summed E-state index contributed by atoms with van der Waals surface area (Å²) in [4.78, 5) is 10.4. The molecule has 18 heavy (non-hydrogen) atoms. The molecule has 1 aliphatic heterocycles. The number of nitrogens with zero attached hydrogens (tertiary/aromatic N) is 1. The molecule has 0 radical (unpaired) electrons. The molecular formula is C11H22N2O4S. The molecule has 1 unspecified atom stereocenters. The summed E-state index contributed by atoms with van der Waals surface area (Å²) < 4.78 is 25.5. The number of carbonyl (C=O) groups is 1. The molecule has 3 N–H and O–H groups in total. The van der Waals surface area contributed by atoms with Gasteiger partial charge in [0.05, 0.1) is 5.75 Å². The molecule has 0 aliphatic carbocycles. The number of carboxylic acid groups (broad SMARTS) is 1. The minimum Gasteiger partial charge on any atom is -0.481 e. The second kappa shape index (κ2) is 7.06. The molecule has 0 aromatic carbocycles. The van der Waals surface area contributed by atoms with Gasteiger partial charge in [-0.25, -0.2) is 12.7 Å². The van der Waals surface area contributed by atoms with Gasteiger partial charge in [-0.2, -0.15) is 0 Å². The van der Waals surface area contributed by atoms with E-state index in [1.165, 1.54) is 4.31 Å². The summed E-state index contributed by atoms with van der Waals surface area (Å²) >= 11 is 0. The lowest BCUT2D eigenvalue weighted by atomic mass is 9.96. The zero-order chi connectivity index (χ0) is 13.6. The minimum absolute atomic E-state index is 0.0748. The summed E-state index contributed by atoms with van der Waals surface area (Å²) in [5.74, 6) is -0.683. The summed E-state index contributed by atoms with van der Waals surface area (Å²) in [6, 6.07) is 0. The number of rotatable bonds is 7. The maximum Gasteiger partial charge on any atom is 0.303 e. The smallest absolute Gasteiger partial charge is 0.303 e. The average molecular weight is 278 g/mol. The van der Waals surface area contributed by atoms with Crippen LogP contribution in [0.3, 0.4) is 0 Å². The molecule has 0 aromatic heterocycles. The lowest BCUT2D eigenvalue weighted by molar-refractivity contribution is -0.137. The Morgan fingerprint density at radius 1 is 1.44 bits per heavy atom. The quantitative estimate of drug-likeness (QED) is 0.695. The fourth-order valence-corrected chi connectivity index (χ4v) is 3.90. The van der Waals surface area contributed by atoms with Crippen molar-refractivity contribution in [3.63, 3.8) is 0 Å². The number of sulfonamides is 1. The molecule has 1 heterocycles. The van der Waals surface area contributed by atoms with Gasteiger partial charge in [0, 0.05) is 19.5 Å². The average Bonchev–Trinajstić information content (AvgIpc) is 2.29. The van der Waals surface area contributed by atoms with Crippen molar-refractivity contribution in [2.45, 2.75) is 32.1 Å². The molecular weight excluding hydrogens is 256 g/mol. The summed E-state index contributed by atoms with van der Waals surface area (Å²) in [7, 11) is -3.30. The van der Waals surface area contributed by atoms with Crippen LogP contribution in [0.15, 0.2) is 0 Å². The van der Waals surface area contributed by atoms with Crippen LogP contribution in [0, 0.1) is 5.92 Å². The molecule has 1 saturated heterocycles. The van der Waals surface area contributed by atoms with Crippen LogP contribution in [0.4, 0.5) is 0 Å². The van der Waals surface area contributed by atoms with Crippen molar-refractivity contribution in [2.75, 3.05) is 25.4 Å². The number of aliphatic carboxylic acids is 1.